The molecule has 2 unspecified atom stereocenters. The molecule has 9 heavy (non-hydrogen) atoms. The van der Waals surface area contributed by atoms with Crippen molar-refractivity contribution in [3.05, 3.63) is 0 Å². The molecular weight excluding hydrogens is 110 g/mol. The molecule has 2 atom stereocenters. The Morgan fingerprint density at radius 2 is 2.00 bits per heavy atom. The average molecular weight is 127 g/mol. The third-order valence-electron chi connectivity index (χ3n) is 2.17. The van der Waals surface area contributed by atoms with Gasteiger partial charge in [0.15, 0.2) is 0 Å². The smallest absolute Gasteiger partial charge is 0.00951 e. The molecule has 1 saturated carbocycles. The van der Waals surface area contributed by atoms with Gasteiger partial charge in [0.05, 0.1) is 0 Å². The zero-order valence-electron chi connectivity index (χ0n) is 6.65. The van der Waals surface area contributed by atoms with Crippen LogP contribution in [-0.4, -0.2) is 12.1 Å². The Morgan fingerprint density at radius 3 is 2.11 bits per heavy atom. The molecule has 0 spiro atoms. The fourth-order valence-corrected chi connectivity index (χ4v) is 1.34. The third-order valence-corrected chi connectivity index (χ3v) is 2.17. The van der Waals surface area contributed by atoms with Gasteiger partial charge in [-0.3, -0.25) is 0 Å². The largest absolute Gasteiger partial charge is 0.312 e. The molecule has 1 nitrogen and oxygen atoms in total. The second kappa shape index (κ2) is 2.70. The first-order valence-electron chi connectivity index (χ1n) is 3.96. The zero-order chi connectivity index (χ0) is 6.85. The van der Waals surface area contributed by atoms with Crippen molar-refractivity contribution < 1.29 is 0 Å². The summed E-state index contributed by atoms with van der Waals surface area (Å²) < 4.78 is 0. The molecule has 1 fully saturated rings. The summed E-state index contributed by atoms with van der Waals surface area (Å²) in [5.74, 6) is 0.924. The lowest BCUT2D eigenvalue weighted by molar-refractivity contribution is 0.217. The van der Waals surface area contributed by atoms with E-state index in [2.05, 4.69) is 26.1 Å². The van der Waals surface area contributed by atoms with E-state index in [1.165, 1.54) is 12.8 Å². The Labute approximate surface area is 57.8 Å². The first-order chi connectivity index (χ1) is 4.20. The van der Waals surface area contributed by atoms with Gasteiger partial charge in [-0.1, -0.05) is 20.8 Å². The highest BCUT2D eigenvalue weighted by molar-refractivity contribution is 4.84. The van der Waals surface area contributed by atoms with Crippen LogP contribution in [0.2, 0.25) is 0 Å². The molecule has 0 bridgehead atoms. The van der Waals surface area contributed by atoms with Gasteiger partial charge in [-0.15, -0.1) is 0 Å². The predicted molar refractivity (Wildman–Crippen MR) is 40.5 cm³/mol. The zero-order valence-corrected chi connectivity index (χ0v) is 6.65. The van der Waals surface area contributed by atoms with E-state index in [4.69, 9.17) is 0 Å². The second-order valence-electron chi connectivity index (χ2n) is 3.48. The summed E-state index contributed by atoms with van der Waals surface area (Å²) in [6.45, 7) is 6.75. The molecule has 0 radical (unpaired) electrons. The van der Waals surface area contributed by atoms with Crippen LogP contribution >= 0.6 is 0 Å². The minimum absolute atomic E-state index is 0.665. The van der Waals surface area contributed by atoms with Crippen LogP contribution in [0.25, 0.3) is 0 Å². The highest BCUT2D eigenvalue weighted by Gasteiger charge is 2.26. The Hall–Kier alpha value is -0.0400. The molecule has 1 rings (SSSR count). The lowest BCUT2D eigenvalue weighted by Crippen LogP contribution is -2.45. The summed E-state index contributed by atoms with van der Waals surface area (Å²) in [6, 6.07) is 1.49. The van der Waals surface area contributed by atoms with E-state index in [1.807, 2.05) is 0 Å². The standard InChI is InChI=1S/C8H17N/c1-6(2)9-8-5-4-7(8)3/h6-9H,4-5H2,1-3H3. The van der Waals surface area contributed by atoms with Crippen molar-refractivity contribution in [1.82, 2.24) is 5.32 Å². The molecule has 0 heterocycles. The normalized spacial score (nSPS) is 34.7. The van der Waals surface area contributed by atoms with E-state index < -0.39 is 0 Å². The van der Waals surface area contributed by atoms with Crippen molar-refractivity contribution in [2.45, 2.75) is 45.7 Å². The fraction of sp³-hybridized carbons (Fsp3) is 1.00. The summed E-state index contributed by atoms with van der Waals surface area (Å²) >= 11 is 0. The molecule has 0 aromatic rings. The molecule has 0 aromatic carbocycles. The van der Waals surface area contributed by atoms with Crippen molar-refractivity contribution in [3.8, 4) is 0 Å². The molecule has 1 aliphatic carbocycles. The van der Waals surface area contributed by atoms with E-state index in [9.17, 15) is 0 Å². The van der Waals surface area contributed by atoms with Gasteiger partial charge >= 0.3 is 0 Å². The van der Waals surface area contributed by atoms with Gasteiger partial charge in [0, 0.05) is 12.1 Å². The fourth-order valence-electron chi connectivity index (χ4n) is 1.34. The summed E-state index contributed by atoms with van der Waals surface area (Å²) in [6.07, 6.45) is 2.81. The second-order valence-corrected chi connectivity index (χ2v) is 3.48. The lowest BCUT2D eigenvalue weighted by Gasteiger charge is -2.36. The molecule has 1 heteroatoms. The van der Waals surface area contributed by atoms with E-state index in [0.29, 0.717) is 6.04 Å². The van der Waals surface area contributed by atoms with Gasteiger partial charge < -0.3 is 5.32 Å². The van der Waals surface area contributed by atoms with Gasteiger partial charge in [-0.25, -0.2) is 0 Å². The maximum atomic E-state index is 3.53. The van der Waals surface area contributed by atoms with Crippen LogP contribution < -0.4 is 5.32 Å². The van der Waals surface area contributed by atoms with Crippen molar-refractivity contribution in [3.63, 3.8) is 0 Å². The van der Waals surface area contributed by atoms with Crippen LogP contribution in [-0.2, 0) is 0 Å². The number of rotatable bonds is 2. The van der Waals surface area contributed by atoms with Crippen molar-refractivity contribution in [1.29, 1.82) is 0 Å². The molecule has 0 aliphatic heterocycles. The van der Waals surface area contributed by atoms with E-state index in [-0.39, 0.29) is 0 Å². The monoisotopic (exact) mass is 127 g/mol. The summed E-state index contributed by atoms with van der Waals surface area (Å²) in [4.78, 5) is 0. The first-order valence-corrected chi connectivity index (χ1v) is 3.96. The molecule has 54 valence electrons. The van der Waals surface area contributed by atoms with Crippen LogP contribution in [0, 0.1) is 5.92 Å². The van der Waals surface area contributed by atoms with Crippen LogP contribution in [0.3, 0.4) is 0 Å². The summed E-state index contributed by atoms with van der Waals surface area (Å²) in [5, 5.41) is 3.53. The van der Waals surface area contributed by atoms with Crippen LogP contribution in [0.1, 0.15) is 33.6 Å². The van der Waals surface area contributed by atoms with E-state index >= 15 is 0 Å². The molecular formula is C8H17N. The van der Waals surface area contributed by atoms with Gasteiger partial charge in [-0.2, -0.15) is 0 Å². The lowest BCUT2D eigenvalue weighted by atomic mass is 9.81. The Kier molecular flexibility index (Phi) is 2.12. The third kappa shape index (κ3) is 1.68. The van der Waals surface area contributed by atoms with Crippen molar-refractivity contribution >= 4 is 0 Å². The number of nitrogens with one attached hydrogen (secondary N) is 1. The highest BCUT2D eigenvalue weighted by Crippen LogP contribution is 2.26. The Morgan fingerprint density at radius 1 is 1.33 bits per heavy atom. The van der Waals surface area contributed by atoms with Gasteiger partial charge in [0.1, 0.15) is 0 Å². The van der Waals surface area contributed by atoms with E-state index in [1.54, 1.807) is 0 Å². The van der Waals surface area contributed by atoms with Crippen molar-refractivity contribution in [2.24, 2.45) is 5.92 Å². The minimum atomic E-state index is 0.665. The highest BCUT2D eigenvalue weighted by atomic mass is 15.0. The average Bonchev–Trinajstić information content (AvgIpc) is 1.79. The number of hydrogen-bond acceptors (Lipinski definition) is 1. The predicted octanol–water partition coefficient (Wildman–Crippen LogP) is 1.78. The maximum absolute atomic E-state index is 3.53. The Bertz CT molecular complexity index is 88.6. The molecule has 1 N–H and O–H groups in total. The van der Waals surface area contributed by atoms with Crippen molar-refractivity contribution in [2.75, 3.05) is 0 Å². The minimum Gasteiger partial charge on any atom is -0.312 e. The van der Waals surface area contributed by atoms with Gasteiger partial charge in [0.2, 0.25) is 0 Å². The summed E-state index contributed by atoms with van der Waals surface area (Å²) in [7, 11) is 0. The quantitative estimate of drug-likeness (QED) is 0.596. The maximum Gasteiger partial charge on any atom is 0.00951 e. The molecule has 0 aromatic heterocycles. The molecule has 0 amide bonds. The molecule has 0 saturated heterocycles. The Balaban J connectivity index is 2.13. The number of hydrogen-bond donors (Lipinski definition) is 1. The summed E-state index contributed by atoms with van der Waals surface area (Å²) in [5.41, 5.74) is 0. The van der Waals surface area contributed by atoms with Gasteiger partial charge in [0.25, 0.3) is 0 Å². The van der Waals surface area contributed by atoms with Crippen LogP contribution in [0.4, 0.5) is 0 Å². The van der Waals surface area contributed by atoms with Gasteiger partial charge in [-0.05, 0) is 18.8 Å². The van der Waals surface area contributed by atoms with Crippen LogP contribution in [0.5, 0.6) is 0 Å². The SMILES string of the molecule is CC(C)NC1CCC1C. The van der Waals surface area contributed by atoms with Crippen LogP contribution in [0.15, 0.2) is 0 Å². The first kappa shape index (κ1) is 7.07. The topological polar surface area (TPSA) is 12.0 Å². The van der Waals surface area contributed by atoms with E-state index in [0.717, 1.165) is 12.0 Å². The molecule has 1 aliphatic rings.